The van der Waals surface area contributed by atoms with Gasteiger partial charge in [0.1, 0.15) is 6.04 Å². The van der Waals surface area contributed by atoms with Gasteiger partial charge in [0.05, 0.1) is 0 Å². The average Bonchev–Trinajstić information content (AvgIpc) is 3.15. The second-order valence-electron chi connectivity index (χ2n) is 5.81. The molecule has 1 amide bonds. The standard InChI is InChI=1S/C19H20ClN3O.2ClH/c20-17-5-3-15(4-6-17)9-13-23(14-16-7-11-21-12-8-16)19(24)18-2-1-10-22-18;;/h1-8,11-12,18,22H,9-10,13-14H2;2*1H. The number of benzene rings is 1. The number of amides is 1. The lowest BCUT2D eigenvalue weighted by Crippen LogP contribution is -2.44. The molecule has 26 heavy (non-hydrogen) atoms. The topological polar surface area (TPSA) is 45.2 Å². The minimum atomic E-state index is -0.225. The molecule has 1 aliphatic heterocycles. The highest BCUT2D eigenvalue weighted by Gasteiger charge is 2.23. The lowest BCUT2D eigenvalue weighted by Gasteiger charge is -2.25. The molecular formula is C19H22Cl3N3O. The molecule has 1 unspecified atom stereocenters. The molecule has 1 atom stereocenters. The van der Waals surface area contributed by atoms with Gasteiger partial charge in [-0.1, -0.05) is 35.9 Å². The van der Waals surface area contributed by atoms with Crippen LogP contribution >= 0.6 is 36.4 Å². The SMILES string of the molecule is Cl.Cl.O=C(C1C=CCN1)N(CCc1ccc(Cl)cc1)Cc1ccncc1. The second-order valence-corrected chi connectivity index (χ2v) is 6.24. The summed E-state index contributed by atoms with van der Waals surface area (Å²) in [6.45, 7) is 1.99. The van der Waals surface area contributed by atoms with Gasteiger partial charge in [-0.05, 0) is 41.8 Å². The van der Waals surface area contributed by atoms with Crippen molar-refractivity contribution in [3.63, 3.8) is 0 Å². The molecule has 1 N–H and O–H groups in total. The van der Waals surface area contributed by atoms with E-state index in [1.807, 2.05) is 53.5 Å². The Morgan fingerprint density at radius 1 is 1.12 bits per heavy atom. The maximum atomic E-state index is 12.8. The van der Waals surface area contributed by atoms with Crippen LogP contribution in [0.5, 0.6) is 0 Å². The van der Waals surface area contributed by atoms with Gasteiger partial charge in [0.2, 0.25) is 5.91 Å². The molecule has 0 radical (unpaired) electrons. The quantitative estimate of drug-likeness (QED) is 0.733. The molecule has 1 aliphatic rings. The molecule has 140 valence electrons. The molecule has 1 aromatic heterocycles. The Morgan fingerprint density at radius 3 is 2.42 bits per heavy atom. The Kier molecular flexibility index (Phi) is 9.66. The number of nitrogens with one attached hydrogen (secondary N) is 1. The van der Waals surface area contributed by atoms with Crippen molar-refractivity contribution in [2.24, 2.45) is 0 Å². The Morgan fingerprint density at radius 2 is 1.81 bits per heavy atom. The van der Waals surface area contributed by atoms with E-state index in [0.717, 1.165) is 23.6 Å². The third kappa shape index (κ3) is 6.29. The van der Waals surface area contributed by atoms with E-state index in [4.69, 9.17) is 11.6 Å². The van der Waals surface area contributed by atoms with E-state index < -0.39 is 0 Å². The summed E-state index contributed by atoms with van der Waals surface area (Å²) < 4.78 is 0. The van der Waals surface area contributed by atoms with Gasteiger partial charge in [-0.2, -0.15) is 0 Å². The summed E-state index contributed by atoms with van der Waals surface area (Å²) in [6, 6.07) is 11.4. The van der Waals surface area contributed by atoms with Gasteiger partial charge in [-0.3, -0.25) is 15.1 Å². The number of aromatic nitrogens is 1. The molecular weight excluding hydrogens is 393 g/mol. The number of rotatable bonds is 6. The molecule has 0 bridgehead atoms. The Labute approximate surface area is 171 Å². The number of carbonyl (C=O) groups is 1. The summed E-state index contributed by atoms with van der Waals surface area (Å²) in [4.78, 5) is 18.7. The van der Waals surface area contributed by atoms with E-state index in [2.05, 4.69) is 10.3 Å². The fourth-order valence-corrected chi connectivity index (χ4v) is 2.85. The Hall–Kier alpha value is -1.59. The highest BCUT2D eigenvalue weighted by atomic mass is 35.5. The van der Waals surface area contributed by atoms with Crippen LogP contribution in [-0.4, -0.2) is 34.9 Å². The fourth-order valence-electron chi connectivity index (χ4n) is 2.72. The van der Waals surface area contributed by atoms with Gasteiger partial charge in [0.25, 0.3) is 0 Å². The minimum Gasteiger partial charge on any atom is -0.336 e. The molecule has 0 saturated heterocycles. The van der Waals surface area contributed by atoms with Gasteiger partial charge in [-0.15, -0.1) is 24.8 Å². The summed E-state index contributed by atoms with van der Waals surface area (Å²) in [5, 5.41) is 3.92. The summed E-state index contributed by atoms with van der Waals surface area (Å²) in [7, 11) is 0. The van der Waals surface area contributed by atoms with Crippen LogP contribution in [0.2, 0.25) is 5.02 Å². The van der Waals surface area contributed by atoms with Gasteiger partial charge in [-0.25, -0.2) is 0 Å². The number of hydrogen-bond acceptors (Lipinski definition) is 3. The largest absolute Gasteiger partial charge is 0.336 e. The van der Waals surface area contributed by atoms with E-state index >= 15 is 0 Å². The monoisotopic (exact) mass is 413 g/mol. The van der Waals surface area contributed by atoms with Crippen molar-refractivity contribution in [1.82, 2.24) is 15.2 Å². The first kappa shape index (κ1) is 22.5. The highest BCUT2D eigenvalue weighted by molar-refractivity contribution is 6.30. The predicted molar refractivity (Wildman–Crippen MR) is 110 cm³/mol. The maximum absolute atomic E-state index is 12.8. The van der Waals surface area contributed by atoms with Crippen LogP contribution < -0.4 is 5.32 Å². The lowest BCUT2D eigenvalue weighted by atomic mass is 10.1. The van der Waals surface area contributed by atoms with Crippen LogP contribution in [-0.2, 0) is 17.8 Å². The first-order valence-electron chi connectivity index (χ1n) is 8.04. The minimum absolute atomic E-state index is 0. The van der Waals surface area contributed by atoms with E-state index in [0.29, 0.717) is 13.1 Å². The van der Waals surface area contributed by atoms with Crippen LogP contribution in [0.3, 0.4) is 0 Å². The summed E-state index contributed by atoms with van der Waals surface area (Å²) in [5.41, 5.74) is 2.25. The number of nitrogens with zero attached hydrogens (tertiary/aromatic N) is 2. The van der Waals surface area contributed by atoms with Crippen LogP contribution in [0.15, 0.2) is 60.9 Å². The van der Waals surface area contributed by atoms with Gasteiger partial charge in [0.15, 0.2) is 0 Å². The number of halogens is 3. The van der Waals surface area contributed by atoms with Crippen molar-refractivity contribution in [3.05, 3.63) is 77.1 Å². The second kappa shape index (κ2) is 11.2. The van der Waals surface area contributed by atoms with E-state index in [-0.39, 0.29) is 36.8 Å². The molecule has 3 rings (SSSR count). The van der Waals surface area contributed by atoms with E-state index in [1.54, 1.807) is 12.4 Å². The van der Waals surface area contributed by atoms with Crippen LogP contribution in [0.25, 0.3) is 0 Å². The number of hydrogen-bond donors (Lipinski definition) is 1. The van der Waals surface area contributed by atoms with Crippen molar-refractivity contribution in [1.29, 1.82) is 0 Å². The smallest absolute Gasteiger partial charge is 0.244 e. The Bertz CT molecular complexity index is 708. The van der Waals surface area contributed by atoms with E-state index in [9.17, 15) is 4.79 Å². The zero-order chi connectivity index (χ0) is 16.8. The third-order valence-electron chi connectivity index (χ3n) is 4.07. The normalized spacial score (nSPS) is 15.0. The molecule has 7 heteroatoms. The predicted octanol–water partition coefficient (Wildman–Crippen LogP) is 3.68. The Balaban J connectivity index is 0.00000169. The van der Waals surface area contributed by atoms with Crippen molar-refractivity contribution in [3.8, 4) is 0 Å². The molecule has 0 spiro atoms. The summed E-state index contributed by atoms with van der Waals surface area (Å²) in [5.74, 6) is 0.106. The van der Waals surface area contributed by atoms with E-state index in [1.165, 1.54) is 5.56 Å². The zero-order valence-corrected chi connectivity index (χ0v) is 16.6. The number of carbonyl (C=O) groups excluding carboxylic acids is 1. The first-order chi connectivity index (χ1) is 11.7. The lowest BCUT2D eigenvalue weighted by molar-refractivity contribution is -0.132. The number of pyridine rings is 1. The zero-order valence-electron chi connectivity index (χ0n) is 14.2. The fraction of sp³-hybridized carbons (Fsp3) is 0.263. The molecule has 2 heterocycles. The van der Waals surface area contributed by atoms with Crippen LogP contribution in [0.4, 0.5) is 0 Å². The highest BCUT2D eigenvalue weighted by Crippen LogP contribution is 2.13. The average molecular weight is 415 g/mol. The summed E-state index contributed by atoms with van der Waals surface area (Å²) >= 11 is 5.93. The van der Waals surface area contributed by atoms with Gasteiger partial charge >= 0.3 is 0 Å². The molecule has 0 aliphatic carbocycles. The van der Waals surface area contributed by atoms with Crippen LogP contribution in [0.1, 0.15) is 11.1 Å². The van der Waals surface area contributed by atoms with Crippen molar-refractivity contribution in [2.45, 2.75) is 19.0 Å². The maximum Gasteiger partial charge on any atom is 0.244 e. The molecule has 0 saturated carbocycles. The molecule has 2 aromatic rings. The van der Waals surface area contributed by atoms with Gasteiger partial charge < -0.3 is 4.90 Å². The molecule has 0 fully saturated rings. The van der Waals surface area contributed by atoms with Crippen molar-refractivity contribution in [2.75, 3.05) is 13.1 Å². The molecule has 4 nitrogen and oxygen atoms in total. The first-order valence-corrected chi connectivity index (χ1v) is 8.42. The van der Waals surface area contributed by atoms with Crippen molar-refractivity contribution < 1.29 is 4.79 Å². The summed E-state index contributed by atoms with van der Waals surface area (Å²) in [6.07, 6.45) is 8.23. The van der Waals surface area contributed by atoms with Crippen molar-refractivity contribution >= 4 is 42.3 Å². The van der Waals surface area contributed by atoms with Gasteiger partial charge in [0, 0.05) is 37.1 Å². The molecule has 1 aromatic carbocycles. The van der Waals surface area contributed by atoms with Crippen LogP contribution in [0, 0.1) is 0 Å². The third-order valence-corrected chi connectivity index (χ3v) is 4.32.